The number of aromatic nitrogens is 4. The summed E-state index contributed by atoms with van der Waals surface area (Å²) >= 11 is 8.13. The number of amides is 3. The van der Waals surface area contributed by atoms with E-state index in [9.17, 15) is 14.4 Å². The summed E-state index contributed by atoms with van der Waals surface area (Å²) in [6.45, 7) is 3.84. The molecule has 1 aromatic carbocycles. The molecule has 2 aliphatic carbocycles. The number of unbranched alkanes of at least 4 members (excludes halogenated alkanes) is 4. The summed E-state index contributed by atoms with van der Waals surface area (Å²) in [7, 11) is 6.49. The highest BCUT2D eigenvalue weighted by molar-refractivity contribution is 7.10. The standard InChI is InChI=1S/C46H60ClN9O4S/c1-53(26-31-11-17-34(18-12-31)60-28-41-36-27-56(45(59)37(36)29-61-41)39-19-20-42(57)51-44(39)58)21-7-5-4-6-8-22-54(2)33-15-13-32(14-16-33)50-46-48-25-38(47)43(52-46)35-24-49-55(3)40(35)23-30-9-10-30/h11-12,17-18,24-25,29-30,32-33,39H,4-10,13-16,19-23,26-28H2,1-3H3,(H,48,50,52)(H,51,57,58). The van der Waals surface area contributed by atoms with Gasteiger partial charge in [-0.25, -0.2) is 9.97 Å². The van der Waals surface area contributed by atoms with Gasteiger partial charge in [-0.1, -0.05) is 43.0 Å². The highest BCUT2D eigenvalue weighted by atomic mass is 35.5. The molecule has 0 bridgehead atoms. The van der Waals surface area contributed by atoms with Crippen LogP contribution in [0.5, 0.6) is 5.75 Å². The first-order valence-electron chi connectivity index (χ1n) is 22.2. The number of anilines is 1. The molecule has 13 nitrogen and oxygen atoms in total. The molecule has 0 radical (unpaired) electrons. The third kappa shape index (κ3) is 10.8. The van der Waals surface area contributed by atoms with Crippen molar-refractivity contribution < 1.29 is 19.1 Å². The minimum absolute atomic E-state index is 0.150. The van der Waals surface area contributed by atoms with Crippen molar-refractivity contribution in [2.24, 2.45) is 13.0 Å². The van der Waals surface area contributed by atoms with Crippen LogP contribution in [-0.2, 0) is 42.8 Å². The van der Waals surface area contributed by atoms with Crippen LogP contribution in [-0.4, -0.2) is 97.5 Å². The van der Waals surface area contributed by atoms with Gasteiger partial charge in [0.2, 0.25) is 17.8 Å². The molecular weight excluding hydrogens is 810 g/mol. The van der Waals surface area contributed by atoms with E-state index in [1.165, 1.54) is 80.4 Å². The van der Waals surface area contributed by atoms with Crippen LogP contribution in [0.4, 0.5) is 5.95 Å². The van der Waals surface area contributed by atoms with Crippen molar-refractivity contribution in [3.63, 3.8) is 0 Å². The SMILES string of the molecule is CN(CCCCCCCN(C)C1CCC(Nc2ncc(Cl)c(-c3cnn(C)c3CC3CC3)n2)CC1)Cc1ccc(OCc2scc3c2CN(C2CCC(=O)NC2=O)C3=O)cc1. The number of aryl methyl sites for hydroxylation is 1. The molecule has 1 unspecified atom stereocenters. The van der Waals surface area contributed by atoms with Gasteiger partial charge < -0.3 is 24.8 Å². The monoisotopic (exact) mass is 869 g/mol. The summed E-state index contributed by atoms with van der Waals surface area (Å²) in [6.07, 6.45) is 18.6. The number of halogens is 1. The number of imide groups is 1. The molecule has 1 atom stereocenters. The third-order valence-corrected chi connectivity index (χ3v) is 14.4. The van der Waals surface area contributed by atoms with Gasteiger partial charge in [-0.2, -0.15) is 5.10 Å². The second kappa shape index (κ2) is 19.8. The molecule has 1 saturated heterocycles. The van der Waals surface area contributed by atoms with Gasteiger partial charge in [0.25, 0.3) is 5.91 Å². The Kier molecular flexibility index (Phi) is 14.0. The molecule has 5 heterocycles. The normalized spacial score (nSPS) is 20.5. The molecule has 2 N–H and O–H groups in total. The molecule has 326 valence electrons. The Bertz CT molecular complexity index is 2160. The number of rotatable bonds is 20. The van der Waals surface area contributed by atoms with Gasteiger partial charge in [0.15, 0.2) is 0 Å². The van der Waals surface area contributed by atoms with Crippen molar-refractivity contribution in [2.75, 3.05) is 32.5 Å². The van der Waals surface area contributed by atoms with Crippen LogP contribution < -0.4 is 15.4 Å². The Hall–Kier alpha value is -4.37. The fraction of sp³-hybridized carbons (Fsp3) is 0.565. The summed E-state index contributed by atoms with van der Waals surface area (Å²) in [6, 6.07) is 8.65. The van der Waals surface area contributed by atoms with Crippen molar-refractivity contribution in [2.45, 2.75) is 128 Å². The first-order valence-corrected chi connectivity index (χ1v) is 23.5. The van der Waals surface area contributed by atoms with E-state index in [4.69, 9.17) is 21.3 Å². The minimum atomic E-state index is -0.608. The Morgan fingerprint density at radius 3 is 2.44 bits per heavy atom. The van der Waals surface area contributed by atoms with E-state index in [-0.39, 0.29) is 18.2 Å². The number of carbonyl (C=O) groups excluding carboxylic acids is 3. The number of piperidine rings is 1. The quantitative estimate of drug-likeness (QED) is 0.0674. The average molecular weight is 871 g/mol. The van der Waals surface area contributed by atoms with Gasteiger partial charge in [0, 0.05) is 65.7 Å². The highest BCUT2D eigenvalue weighted by Gasteiger charge is 2.40. The van der Waals surface area contributed by atoms with Crippen molar-refractivity contribution in [1.82, 2.24) is 39.8 Å². The maximum Gasteiger partial charge on any atom is 0.256 e. The molecular formula is C46H60ClN9O4S. The molecule has 3 aromatic heterocycles. The summed E-state index contributed by atoms with van der Waals surface area (Å²) < 4.78 is 8.10. The van der Waals surface area contributed by atoms with Crippen LogP contribution in [0.3, 0.4) is 0 Å². The zero-order valence-electron chi connectivity index (χ0n) is 35.8. The number of hydrogen-bond donors (Lipinski definition) is 2. The lowest BCUT2D eigenvalue weighted by Gasteiger charge is -2.35. The van der Waals surface area contributed by atoms with Crippen LogP contribution in [0.15, 0.2) is 42.0 Å². The fourth-order valence-electron chi connectivity index (χ4n) is 9.18. The Balaban J connectivity index is 0.677. The van der Waals surface area contributed by atoms with E-state index in [1.54, 1.807) is 11.1 Å². The van der Waals surface area contributed by atoms with E-state index in [2.05, 4.69) is 56.7 Å². The number of thiophene rings is 1. The number of nitrogens with one attached hydrogen (secondary N) is 2. The lowest BCUT2D eigenvalue weighted by Crippen LogP contribution is -2.52. The minimum Gasteiger partial charge on any atom is -0.488 e. The zero-order valence-corrected chi connectivity index (χ0v) is 37.4. The van der Waals surface area contributed by atoms with Gasteiger partial charge in [-0.05, 0) is 115 Å². The maximum absolute atomic E-state index is 13.1. The fourth-order valence-corrected chi connectivity index (χ4v) is 10.3. The van der Waals surface area contributed by atoms with E-state index < -0.39 is 11.9 Å². The van der Waals surface area contributed by atoms with Crippen molar-refractivity contribution in [1.29, 1.82) is 0 Å². The predicted octanol–water partition coefficient (Wildman–Crippen LogP) is 7.62. The van der Waals surface area contributed by atoms with Gasteiger partial charge >= 0.3 is 0 Å². The molecule has 8 rings (SSSR count). The number of nitrogens with zero attached hydrogens (tertiary/aromatic N) is 7. The van der Waals surface area contributed by atoms with Crippen molar-refractivity contribution >= 4 is 46.6 Å². The highest BCUT2D eigenvalue weighted by Crippen LogP contribution is 2.38. The van der Waals surface area contributed by atoms with Gasteiger partial charge in [-0.15, -0.1) is 11.3 Å². The number of ether oxygens (including phenoxy) is 1. The maximum atomic E-state index is 13.1. The molecule has 4 aromatic rings. The molecule has 61 heavy (non-hydrogen) atoms. The first-order chi connectivity index (χ1) is 29.6. The van der Waals surface area contributed by atoms with Crippen LogP contribution in [0.25, 0.3) is 11.3 Å². The van der Waals surface area contributed by atoms with E-state index in [0.717, 1.165) is 72.3 Å². The van der Waals surface area contributed by atoms with Crippen LogP contribution in [0, 0.1) is 5.92 Å². The van der Waals surface area contributed by atoms with Crippen LogP contribution in [0.1, 0.15) is 116 Å². The molecule has 2 saturated carbocycles. The Labute approximate surface area is 368 Å². The number of fused-ring (bicyclic) bond motifs is 1. The van der Waals surface area contributed by atoms with Crippen molar-refractivity contribution in [3.8, 4) is 17.0 Å². The Morgan fingerprint density at radius 2 is 1.69 bits per heavy atom. The lowest BCUT2D eigenvalue weighted by molar-refractivity contribution is -0.136. The molecule has 3 amide bonds. The van der Waals surface area contributed by atoms with Crippen LogP contribution in [0.2, 0.25) is 5.02 Å². The van der Waals surface area contributed by atoms with E-state index in [0.29, 0.717) is 48.2 Å². The molecule has 2 aliphatic heterocycles. The zero-order chi connectivity index (χ0) is 42.5. The molecule has 4 aliphatic rings. The number of carbonyl (C=O) groups is 3. The van der Waals surface area contributed by atoms with E-state index >= 15 is 0 Å². The summed E-state index contributed by atoms with van der Waals surface area (Å²) in [5.41, 5.74) is 5.81. The van der Waals surface area contributed by atoms with Gasteiger partial charge in [-0.3, -0.25) is 24.4 Å². The number of hydrogen-bond acceptors (Lipinski definition) is 11. The summed E-state index contributed by atoms with van der Waals surface area (Å²) in [5, 5.41) is 12.9. The topological polar surface area (TPSA) is 138 Å². The summed E-state index contributed by atoms with van der Waals surface area (Å²) in [4.78, 5) is 54.0. The predicted molar refractivity (Wildman–Crippen MR) is 239 cm³/mol. The van der Waals surface area contributed by atoms with Crippen LogP contribution >= 0.6 is 22.9 Å². The van der Waals surface area contributed by atoms with Gasteiger partial charge in [0.1, 0.15) is 18.4 Å². The third-order valence-electron chi connectivity index (χ3n) is 13.1. The molecule has 0 spiro atoms. The average Bonchev–Trinajstić information content (AvgIpc) is 3.76. The molecule has 15 heteroatoms. The lowest BCUT2D eigenvalue weighted by atomic mass is 9.90. The largest absolute Gasteiger partial charge is 0.488 e. The first kappa shape index (κ1) is 43.3. The second-order valence-electron chi connectivity index (χ2n) is 17.7. The van der Waals surface area contributed by atoms with Crippen molar-refractivity contribution in [3.05, 3.63) is 74.3 Å². The second-order valence-corrected chi connectivity index (χ2v) is 19.1. The number of benzene rings is 1. The summed E-state index contributed by atoms with van der Waals surface area (Å²) in [5.74, 6) is 1.37. The van der Waals surface area contributed by atoms with Gasteiger partial charge in [0.05, 0.1) is 28.7 Å². The Morgan fingerprint density at radius 1 is 0.934 bits per heavy atom. The van der Waals surface area contributed by atoms with E-state index in [1.807, 2.05) is 35.4 Å². The smallest absolute Gasteiger partial charge is 0.256 e. The molecule has 3 fully saturated rings.